The number of halogens is 1. The predicted molar refractivity (Wildman–Crippen MR) is 62.6 cm³/mol. The van der Waals surface area contributed by atoms with Gasteiger partial charge in [-0.1, -0.05) is 6.42 Å². The second-order valence-electron chi connectivity index (χ2n) is 4.37. The van der Waals surface area contributed by atoms with Gasteiger partial charge in [-0.05, 0) is 52.4 Å². The minimum Gasteiger partial charge on any atom is -0.454 e. The van der Waals surface area contributed by atoms with Crippen molar-refractivity contribution in [1.29, 1.82) is 0 Å². The standard InChI is InChI=1S/C12H13BrO3/c13-9-4-8(11(14)7-2-1-3-7)5-10-12(9)16-6-15-10/h4-5,7,11,14H,1-3,6H2. The highest BCUT2D eigenvalue weighted by molar-refractivity contribution is 9.10. The molecule has 0 spiro atoms. The Balaban J connectivity index is 1.92. The van der Waals surface area contributed by atoms with E-state index < -0.39 is 0 Å². The summed E-state index contributed by atoms with van der Waals surface area (Å²) in [5, 5.41) is 10.2. The van der Waals surface area contributed by atoms with Crippen LogP contribution < -0.4 is 9.47 Å². The summed E-state index contributed by atoms with van der Waals surface area (Å²) in [4.78, 5) is 0. The third-order valence-electron chi connectivity index (χ3n) is 3.39. The maximum absolute atomic E-state index is 10.2. The summed E-state index contributed by atoms with van der Waals surface area (Å²) >= 11 is 3.44. The number of hydrogen-bond acceptors (Lipinski definition) is 3. The summed E-state index contributed by atoms with van der Waals surface area (Å²) < 4.78 is 11.5. The van der Waals surface area contributed by atoms with Crippen molar-refractivity contribution >= 4 is 15.9 Å². The van der Waals surface area contributed by atoms with Crippen molar-refractivity contribution in [2.75, 3.05) is 6.79 Å². The zero-order chi connectivity index (χ0) is 11.1. The van der Waals surface area contributed by atoms with Crippen LogP contribution in [0.5, 0.6) is 11.5 Å². The second kappa shape index (κ2) is 3.93. The Hall–Kier alpha value is -0.740. The summed E-state index contributed by atoms with van der Waals surface area (Å²) in [5.74, 6) is 1.87. The fourth-order valence-corrected chi connectivity index (χ4v) is 2.76. The molecule has 0 saturated heterocycles. The summed E-state index contributed by atoms with van der Waals surface area (Å²) in [6.07, 6.45) is 3.09. The topological polar surface area (TPSA) is 38.7 Å². The third kappa shape index (κ3) is 1.60. The van der Waals surface area contributed by atoms with Crippen LogP contribution in [0.15, 0.2) is 16.6 Å². The van der Waals surface area contributed by atoms with Crippen molar-refractivity contribution in [3.05, 3.63) is 22.2 Å². The number of fused-ring (bicyclic) bond motifs is 1. The molecule has 0 bridgehead atoms. The van der Waals surface area contributed by atoms with Gasteiger partial charge < -0.3 is 14.6 Å². The fraction of sp³-hybridized carbons (Fsp3) is 0.500. The molecule has 86 valence electrons. The number of aliphatic hydroxyl groups excluding tert-OH is 1. The van der Waals surface area contributed by atoms with E-state index in [4.69, 9.17) is 9.47 Å². The van der Waals surface area contributed by atoms with E-state index in [1.54, 1.807) is 0 Å². The van der Waals surface area contributed by atoms with E-state index in [1.807, 2.05) is 12.1 Å². The van der Waals surface area contributed by atoms with Crippen LogP contribution in [-0.4, -0.2) is 11.9 Å². The number of ether oxygens (including phenoxy) is 2. The molecule has 16 heavy (non-hydrogen) atoms. The van der Waals surface area contributed by atoms with Crippen LogP contribution >= 0.6 is 15.9 Å². The number of benzene rings is 1. The van der Waals surface area contributed by atoms with Gasteiger partial charge in [0.15, 0.2) is 11.5 Å². The predicted octanol–water partition coefficient (Wildman–Crippen LogP) is 3.01. The molecule has 1 heterocycles. The molecular weight excluding hydrogens is 272 g/mol. The molecule has 3 nitrogen and oxygen atoms in total. The quantitative estimate of drug-likeness (QED) is 0.907. The van der Waals surface area contributed by atoms with Gasteiger partial charge in [-0.15, -0.1) is 0 Å². The van der Waals surface area contributed by atoms with Gasteiger partial charge in [0.05, 0.1) is 10.6 Å². The van der Waals surface area contributed by atoms with Crippen LogP contribution in [0.4, 0.5) is 0 Å². The molecule has 4 heteroatoms. The molecule has 1 atom stereocenters. The molecule has 1 aromatic carbocycles. The molecule has 1 aromatic rings. The second-order valence-corrected chi connectivity index (χ2v) is 5.23. The lowest BCUT2D eigenvalue weighted by molar-refractivity contribution is 0.0619. The maximum Gasteiger partial charge on any atom is 0.231 e. The molecule has 1 aliphatic heterocycles. The lowest BCUT2D eigenvalue weighted by Crippen LogP contribution is -2.19. The number of rotatable bonds is 2. The fourth-order valence-electron chi connectivity index (χ4n) is 2.19. The molecule has 0 amide bonds. The smallest absolute Gasteiger partial charge is 0.231 e. The summed E-state index contributed by atoms with van der Waals surface area (Å²) in [6.45, 7) is 0.261. The van der Waals surface area contributed by atoms with E-state index in [9.17, 15) is 5.11 Å². The molecule has 2 aliphatic rings. The average Bonchev–Trinajstić information content (AvgIpc) is 2.63. The SMILES string of the molecule is OC(c1cc(Br)c2c(c1)OCO2)C1CCC1. The van der Waals surface area contributed by atoms with Gasteiger partial charge in [0.2, 0.25) is 6.79 Å². The minimum atomic E-state index is -0.375. The van der Waals surface area contributed by atoms with Gasteiger partial charge >= 0.3 is 0 Å². The molecule has 0 radical (unpaired) electrons. The number of hydrogen-bond donors (Lipinski definition) is 1. The maximum atomic E-state index is 10.2. The molecule has 1 fully saturated rings. The van der Waals surface area contributed by atoms with Crippen molar-refractivity contribution in [2.24, 2.45) is 5.92 Å². The Morgan fingerprint density at radius 1 is 1.31 bits per heavy atom. The lowest BCUT2D eigenvalue weighted by Gasteiger charge is -2.30. The van der Waals surface area contributed by atoms with Gasteiger partial charge in [0.25, 0.3) is 0 Å². The minimum absolute atomic E-state index is 0.261. The van der Waals surface area contributed by atoms with Crippen LogP contribution in [-0.2, 0) is 0 Å². The zero-order valence-corrected chi connectivity index (χ0v) is 10.4. The first kappa shape index (κ1) is 10.4. The number of aliphatic hydroxyl groups is 1. The summed E-state index contributed by atoms with van der Waals surface area (Å²) in [7, 11) is 0. The Morgan fingerprint density at radius 2 is 2.12 bits per heavy atom. The van der Waals surface area contributed by atoms with Gasteiger partial charge in [0, 0.05) is 0 Å². The summed E-state index contributed by atoms with van der Waals surface area (Å²) in [6, 6.07) is 3.81. The normalized spacial score (nSPS) is 20.6. The van der Waals surface area contributed by atoms with Crippen molar-refractivity contribution in [2.45, 2.75) is 25.4 Å². The largest absolute Gasteiger partial charge is 0.454 e. The Kier molecular flexibility index (Phi) is 2.56. The molecule has 1 aliphatic carbocycles. The highest BCUT2D eigenvalue weighted by Gasteiger charge is 2.29. The molecule has 1 saturated carbocycles. The molecular formula is C12H13BrO3. The van der Waals surface area contributed by atoms with Crippen LogP contribution in [0.1, 0.15) is 30.9 Å². The van der Waals surface area contributed by atoms with Crippen molar-refractivity contribution in [3.63, 3.8) is 0 Å². The van der Waals surface area contributed by atoms with Gasteiger partial charge in [0.1, 0.15) is 0 Å². The van der Waals surface area contributed by atoms with Crippen LogP contribution in [0, 0.1) is 5.92 Å². The van der Waals surface area contributed by atoms with E-state index in [2.05, 4.69) is 15.9 Å². The first-order valence-corrected chi connectivity index (χ1v) is 6.32. The Morgan fingerprint density at radius 3 is 2.81 bits per heavy atom. The monoisotopic (exact) mass is 284 g/mol. The van der Waals surface area contributed by atoms with E-state index in [0.717, 1.165) is 34.4 Å². The van der Waals surface area contributed by atoms with Gasteiger partial charge in [-0.2, -0.15) is 0 Å². The first-order valence-electron chi connectivity index (χ1n) is 5.53. The third-order valence-corrected chi connectivity index (χ3v) is 3.98. The van der Waals surface area contributed by atoms with Crippen LogP contribution in [0.2, 0.25) is 0 Å². The zero-order valence-electron chi connectivity index (χ0n) is 8.78. The summed E-state index contributed by atoms with van der Waals surface area (Å²) in [5.41, 5.74) is 0.917. The first-order chi connectivity index (χ1) is 7.75. The van der Waals surface area contributed by atoms with Crippen LogP contribution in [0.25, 0.3) is 0 Å². The van der Waals surface area contributed by atoms with Gasteiger partial charge in [-0.3, -0.25) is 0 Å². The highest BCUT2D eigenvalue weighted by Crippen LogP contribution is 2.44. The highest BCUT2D eigenvalue weighted by atomic mass is 79.9. The van der Waals surface area contributed by atoms with E-state index in [1.165, 1.54) is 6.42 Å². The van der Waals surface area contributed by atoms with E-state index in [0.29, 0.717) is 5.92 Å². The molecule has 0 aromatic heterocycles. The van der Waals surface area contributed by atoms with E-state index in [-0.39, 0.29) is 12.9 Å². The van der Waals surface area contributed by atoms with Crippen LogP contribution in [0.3, 0.4) is 0 Å². The Bertz CT molecular complexity index is 415. The average molecular weight is 285 g/mol. The van der Waals surface area contributed by atoms with E-state index >= 15 is 0 Å². The Labute approximate surface area is 102 Å². The van der Waals surface area contributed by atoms with Crippen molar-refractivity contribution in [3.8, 4) is 11.5 Å². The molecule has 1 N–H and O–H groups in total. The molecule has 1 unspecified atom stereocenters. The molecule has 3 rings (SSSR count). The lowest BCUT2D eigenvalue weighted by atomic mass is 9.79. The van der Waals surface area contributed by atoms with Crippen molar-refractivity contribution < 1.29 is 14.6 Å². The van der Waals surface area contributed by atoms with Gasteiger partial charge in [-0.25, -0.2) is 0 Å². The van der Waals surface area contributed by atoms with Crippen molar-refractivity contribution in [1.82, 2.24) is 0 Å².